The van der Waals surface area contributed by atoms with Crippen molar-refractivity contribution in [2.45, 2.75) is 32.4 Å². The lowest BCUT2D eigenvalue weighted by Crippen LogP contribution is -2.29. The number of hydrogen-bond donors (Lipinski definition) is 1. The van der Waals surface area contributed by atoms with Gasteiger partial charge in [0.1, 0.15) is 0 Å². The van der Waals surface area contributed by atoms with Gasteiger partial charge in [-0.25, -0.2) is 0 Å². The average Bonchev–Trinajstić information content (AvgIpc) is 2.97. The smallest absolute Gasteiger partial charge is 0.0896 e. The fraction of sp³-hybridized carbons (Fsp3) is 0.368. The van der Waals surface area contributed by atoms with E-state index in [4.69, 9.17) is 4.74 Å². The fourth-order valence-corrected chi connectivity index (χ4v) is 3.70. The predicted octanol–water partition coefficient (Wildman–Crippen LogP) is 4.55. The van der Waals surface area contributed by atoms with Crippen molar-refractivity contribution in [2.75, 3.05) is 11.9 Å². The molecule has 0 aromatic heterocycles. The maximum Gasteiger partial charge on any atom is 0.0896 e. The molecule has 2 aliphatic heterocycles. The molecule has 0 saturated carbocycles. The third-order valence-electron chi connectivity index (χ3n) is 4.83. The molecular weight excluding hydrogens is 258 g/mol. The number of benzene rings is 2. The van der Waals surface area contributed by atoms with Crippen LogP contribution in [0.5, 0.6) is 0 Å². The lowest BCUT2D eigenvalue weighted by atomic mass is 9.80. The molecule has 0 spiro atoms. The Morgan fingerprint density at radius 3 is 2.57 bits per heavy atom. The zero-order valence-electron chi connectivity index (χ0n) is 12.6. The van der Waals surface area contributed by atoms with Crippen LogP contribution in [0.2, 0.25) is 0 Å². The molecule has 3 atom stereocenters. The van der Waals surface area contributed by atoms with Gasteiger partial charge in [0.05, 0.1) is 12.1 Å². The summed E-state index contributed by atoms with van der Waals surface area (Å²) in [6, 6.07) is 15.9. The standard InChI is InChI=1S/C19H21NO/c1-12-3-6-14(7-4-12)18-15-9-10-21-19(15)16-11-13(2)5-8-17(16)20-18/h3-8,11,15,18-20H,9-10H2,1-2H3. The fourth-order valence-electron chi connectivity index (χ4n) is 3.70. The summed E-state index contributed by atoms with van der Waals surface area (Å²) in [4.78, 5) is 0. The van der Waals surface area contributed by atoms with Gasteiger partial charge in [-0.3, -0.25) is 0 Å². The average molecular weight is 279 g/mol. The molecule has 0 amide bonds. The third kappa shape index (κ3) is 2.14. The van der Waals surface area contributed by atoms with Gasteiger partial charge < -0.3 is 10.1 Å². The van der Waals surface area contributed by atoms with Crippen LogP contribution >= 0.6 is 0 Å². The summed E-state index contributed by atoms with van der Waals surface area (Å²) in [5, 5.41) is 3.75. The van der Waals surface area contributed by atoms with Crippen LogP contribution in [-0.2, 0) is 4.74 Å². The van der Waals surface area contributed by atoms with E-state index in [1.807, 2.05) is 0 Å². The molecule has 3 unspecified atom stereocenters. The molecule has 2 aromatic rings. The van der Waals surface area contributed by atoms with Crippen LogP contribution in [0.25, 0.3) is 0 Å². The Hall–Kier alpha value is -1.80. The maximum absolute atomic E-state index is 6.07. The number of aryl methyl sites for hydroxylation is 2. The Kier molecular flexibility index (Phi) is 3.00. The van der Waals surface area contributed by atoms with Crippen molar-refractivity contribution in [1.29, 1.82) is 0 Å². The topological polar surface area (TPSA) is 21.3 Å². The van der Waals surface area contributed by atoms with Crippen LogP contribution in [0, 0.1) is 19.8 Å². The van der Waals surface area contributed by atoms with E-state index in [1.54, 1.807) is 0 Å². The SMILES string of the molecule is Cc1ccc(C2Nc3ccc(C)cc3C3OCCC23)cc1. The summed E-state index contributed by atoms with van der Waals surface area (Å²) in [5.41, 5.74) is 6.55. The van der Waals surface area contributed by atoms with Crippen LogP contribution in [0.15, 0.2) is 42.5 Å². The van der Waals surface area contributed by atoms with Crippen LogP contribution in [0.1, 0.15) is 40.8 Å². The van der Waals surface area contributed by atoms with E-state index in [0.29, 0.717) is 12.0 Å². The first-order valence-electron chi connectivity index (χ1n) is 7.77. The van der Waals surface area contributed by atoms with E-state index < -0.39 is 0 Å². The number of nitrogens with one attached hydrogen (secondary N) is 1. The van der Waals surface area contributed by atoms with Crippen molar-refractivity contribution in [3.63, 3.8) is 0 Å². The van der Waals surface area contributed by atoms with Crippen LogP contribution < -0.4 is 5.32 Å². The van der Waals surface area contributed by atoms with Gasteiger partial charge in [-0.1, -0.05) is 47.5 Å². The van der Waals surface area contributed by atoms with Gasteiger partial charge in [0.25, 0.3) is 0 Å². The third-order valence-corrected chi connectivity index (χ3v) is 4.83. The molecule has 1 fully saturated rings. The Morgan fingerprint density at radius 2 is 1.76 bits per heavy atom. The lowest BCUT2D eigenvalue weighted by molar-refractivity contribution is 0.0829. The molecule has 21 heavy (non-hydrogen) atoms. The van der Waals surface area contributed by atoms with E-state index in [1.165, 1.54) is 27.9 Å². The number of fused-ring (bicyclic) bond motifs is 3. The number of ether oxygens (including phenoxy) is 1. The lowest BCUT2D eigenvalue weighted by Gasteiger charge is -2.36. The number of anilines is 1. The molecule has 4 rings (SSSR count). The minimum atomic E-state index is 0.243. The zero-order valence-corrected chi connectivity index (χ0v) is 12.6. The second-order valence-corrected chi connectivity index (χ2v) is 6.37. The molecular formula is C19H21NO. The van der Waals surface area contributed by atoms with Crippen LogP contribution in [0.4, 0.5) is 5.69 Å². The van der Waals surface area contributed by atoms with Crippen molar-refractivity contribution in [2.24, 2.45) is 5.92 Å². The van der Waals surface area contributed by atoms with Crippen molar-refractivity contribution in [1.82, 2.24) is 0 Å². The van der Waals surface area contributed by atoms with Crippen molar-refractivity contribution in [3.8, 4) is 0 Å². The summed E-state index contributed by atoms with van der Waals surface area (Å²) in [6.45, 7) is 5.15. The Morgan fingerprint density at radius 1 is 1.00 bits per heavy atom. The van der Waals surface area contributed by atoms with E-state index in [2.05, 4.69) is 61.6 Å². The van der Waals surface area contributed by atoms with Crippen molar-refractivity contribution in [3.05, 3.63) is 64.7 Å². The van der Waals surface area contributed by atoms with Gasteiger partial charge in [0.2, 0.25) is 0 Å². The molecule has 1 saturated heterocycles. The maximum atomic E-state index is 6.07. The zero-order chi connectivity index (χ0) is 14.4. The van der Waals surface area contributed by atoms with E-state index >= 15 is 0 Å². The second-order valence-electron chi connectivity index (χ2n) is 6.37. The Balaban J connectivity index is 1.77. The molecule has 2 heterocycles. The summed E-state index contributed by atoms with van der Waals surface area (Å²) in [7, 11) is 0. The van der Waals surface area contributed by atoms with Gasteiger partial charge in [0.15, 0.2) is 0 Å². The Bertz CT molecular complexity index is 662. The van der Waals surface area contributed by atoms with Gasteiger partial charge >= 0.3 is 0 Å². The highest BCUT2D eigenvalue weighted by Gasteiger charge is 2.41. The first-order valence-corrected chi connectivity index (χ1v) is 7.77. The summed E-state index contributed by atoms with van der Waals surface area (Å²) in [5.74, 6) is 0.530. The predicted molar refractivity (Wildman–Crippen MR) is 85.5 cm³/mol. The molecule has 2 aromatic carbocycles. The molecule has 2 aliphatic rings. The first-order chi connectivity index (χ1) is 10.2. The monoisotopic (exact) mass is 279 g/mol. The molecule has 0 bridgehead atoms. The molecule has 108 valence electrons. The summed E-state index contributed by atoms with van der Waals surface area (Å²) in [6.07, 6.45) is 1.37. The molecule has 0 aliphatic carbocycles. The van der Waals surface area contributed by atoms with Gasteiger partial charge in [-0.05, 0) is 31.9 Å². The van der Waals surface area contributed by atoms with Gasteiger partial charge in [-0.2, -0.15) is 0 Å². The first kappa shape index (κ1) is 12.9. The normalized spacial score (nSPS) is 26.9. The van der Waals surface area contributed by atoms with Crippen LogP contribution in [0.3, 0.4) is 0 Å². The van der Waals surface area contributed by atoms with Crippen molar-refractivity contribution >= 4 is 5.69 Å². The molecule has 2 nitrogen and oxygen atoms in total. The van der Waals surface area contributed by atoms with Gasteiger partial charge in [-0.15, -0.1) is 0 Å². The van der Waals surface area contributed by atoms with E-state index in [0.717, 1.165) is 13.0 Å². The minimum absolute atomic E-state index is 0.243. The number of hydrogen-bond acceptors (Lipinski definition) is 2. The van der Waals surface area contributed by atoms with E-state index in [9.17, 15) is 0 Å². The second kappa shape index (κ2) is 4.88. The molecule has 1 N–H and O–H groups in total. The van der Waals surface area contributed by atoms with E-state index in [-0.39, 0.29) is 6.10 Å². The largest absolute Gasteiger partial charge is 0.378 e. The molecule has 2 heteroatoms. The quantitative estimate of drug-likeness (QED) is 0.827. The minimum Gasteiger partial charge on any atom is -0.378 e. The highest BCUT2D eigenvalue weighted by atomic mass is 16.5. The highest BCUT2D eigenvalue weighted by Crippen LogP contribution is 2.49. The highest BCUT2D eigenvalue weighted by molar-refractivity contribution is 5.58. The van der Waals surface area contributed by atoms with Crippen LogP contribution in [-0.4, -0.2) is 6.61 Å². The number of rotatable bonds is 1. The summed E-state index contributed by atoms with van der Waals surface area (Å²) < 4.78 is 6.07. The van der Waals surface area contributed by atoms with Crippen molar-refractivity contribution < 1.29 is 4.74 Å². The Labute approximate surface area is 126 Å². The van der Waals surface area contributed by atoms with Gasteiger partial charge in [0, 0.05) is 23.8 Å². The molecule has 0 radical (unpaired) electrons. The summed E-state index contributed by atoms with van der Waals surface area (Å²) >= 11 is 0.